The summed E-state index contributed by atoms with van der Waals surface area (Å²) in [7, 11) is 0. The molecule has 21 heavy (non-hydrogen) atoms. The van der Waals surface area contributed by atoms with Crippen molar-refractivity contribution in [2.75, 3.05) is 13.1 Å². The molecule has 0 radical (unpaired) electrons. The van der Waals surface area contributed by atoms with E-state index in [0.29, 0.717) is 24.0 Å². The molecule has 1 aromatic rings. The first-order valence-corrected chi connectivity index (χ1v) is 7.46. The van der Waals surface area contributed by atoms with E-state index in [-0.39, 0.29) is 30.6 Å². The van der Waals surface area contributed by atoms with Gasteiger partial charge in [0.2, 0.25) is 11.8 Å². The number of carbonyl (C=O) groups excluding carboxylic acids is 2. The highest BCUT2D eigenvalue weighted by Crippen LogP contribution is 2.29. The number of nitrogens with one attached hydrogen (secondary N) is 1. The highest BCUT2D eigenvalue weighted by molar-refractivity contribution is 9.10. The van der Waals surface area contributed by atoms with Crippen molar-refractivity contribution < 1.29 is 14.0 Å². The van der Waals surface area contributed by atoms with Crippen LogP contribution < -0.4 is 5.32 Å². The van der Waals surface area contributed by atoms with E-state index in [1.54, 1.807) is 11.0 Å². The number of rotatable bonds is 4. The maximum atomic E-state index is 13.6. The molecular weight excluding hydrogens is 339 g/mol. The Morgan fingerprint density at radius 3 is 2.95 bits per heavy atom. The Hall–Kier alpha value is -1.69. The van der Waals surface area contributed by atoms with Gasteiger partial charge in [-0.1, -0.05) is 12.6 Å². The van der Waals surface area contributed by atoms with Crippen molar-refractivity contribution in [1.29, 1.82) is 0 Å². The fourth-order valence-electron chi connectivity index (χ4n) is 2.30. The summed E-state index contributed by atoms with van der Waals surface area (Å²) in [6.45, 7) is 4.62. The van der Waals surface area contributed by atoms with Gasteiger partial charge >= 0.3 is 0 Å². The Kier molecular flexibility index (Phi) is 5.12. The Morgan fingerprint density at radius 1 is 1.48 bits per heavy atom. The summed E-state index contributed by atoms with van der Waals surface area (Å²) in [5.74, 6) is -0.668. The van der Waals surface area contributed by atoms with Crippen LogP contribution in [0.4, 0.5) is 4.39 Å². The molecule has 1 aliphatic rings. The standard InChI is InChI=1S/C15H16BrFN2O2/c1-2-13(20)18-7-5-14(21)19-8-6-10-3-4-12(17)15(16)11(10)9-19/h2-4H,1,5-9H2,(H,18,20). The lowest BCUT2D eigenvalue weighted by Gasteiger charge is -2.29. The normalized spacial score (nSPS) is 13.5. The van der Waals surface area contributed by atoms with E-state index in [4.69, 9.17) is 0 Å². The van der Waals surface area contributed by atoms with E-state index < -0.39 is 0 Å². The highest BCUT2D eigenvalue weighted by atomic mass is 79.9. The minimum Gasteiger partial charge on any atom is -0.352 e. The fourth-order valence-corrected chi connectivity index (χ4v) is 2.81. The van der Waals surface area contributed by atoms with Crippen LogP contribution in [0.25, 0.3) is 0 Å². The number of benzene rings is 1. The van der Waals surface area contributed by atoms with E-state index in [1.165, 1.54) is 12.1 Å². The van der Waals surface area contributed by atoms with Crippen molar-refractivity contribution in [2.45, 2.75) is 19.4 Å². The number of hydrogen-bond acceptors (Lipinski definition) is 2. The minimum atomic E-state index is -0.318. The third-order valence-electron chi connectivity index (χ3n) is 3.47. The second-order valence-electron chi connectivity index (χ2n) is 4.81. The lowest BCUT2D eigenvalue weighted by atomic mass is 9.99. The second kappa shape index (κ2) is 6.85. The lowest BCUT2D eigenvalue weighted by Crippen LogP contribution is -2.38. The Balaban J connectivity index is 1.97. The molecule has 0 aromatic heterocycles. The summed E-state index contributed by atoms with van der Waals surface area (Å²) in [6, 6.07) is 3.20. The van der Waals surface area contributed by atoms with E-state index in [9.17, 15) is 14.0 Å². The molecule has 112 valence electrons. The molecule has 1 heterocycles. The minimum absolute atomic E-state index is 0.0545. The highest BCUT2D eigenvalue weighted by Gasteiger charge is 2.23. The van der Waals surface area contributed by atoms with Crippen LogP contribution in [0, 0.1) is 5.82 Å². The van der Waals surface area contributed by atoms with Crippen LogP contribution in [0.3, 0.4) is 0 Å². The number of amides is 2. The zero-order chi connectivity index (χ0) is 15.4. The van der Waals surface area contributed by atoms with E-state index in [2.05, 4.69) is 27.8 Å². The number of fused-ring (bicyclic) bond motifs is 1. The molecule has 2 rings (SSSR count). The summed E-state index contributed by atoms with van der Waals surface area (Å²) >= 11 is 3.24. The summed E-state index contributed by atoms with van der Waals surface area (Å²) in [5, 5.41) is 2.57. The van der Waals surface area contributed by atoms with Gasteiger partial charge in [0.05, 0.1) is 4.47 Å². The molecule has 0 unspecified atom stereocenters. The van der Waals surface area contributed by atoms with Crippen molar-refractivity contribution >= 4 is 27.7 Å². The van der Waals surface area contributed by atoms with Crippen molar-refractivity contribution in [3.8, 4) is 0 Å². The summed E-state index contributed by atoms with van der Waals surface area (Å²) < 4.78 is 14.0. The van der Waals surface area contributed by atoms with Gasteiger partial charge < -0.3 is 10.2 Å². The molecule has 1 N–H and O–H groups in total. The summed E-state index contributed by atoms with van der Waals surface area (Å²) in [5.41, 5.74) is 1.89. The summed E-state index contributed by atoms with van der Waals surface area (Å²) in [6.07, 6.45) is 2.10. The van der Waals surface area contributed by atoms with Crippen LogP contribution in [-0.4, -0.2) is 29.8 Å². The monoisotopic (exact) mass is 354 g/mol. The zero-order valence-corrected chi connectivity index (χ0v) is 13.1. The van der Waals surface area contributed by atoms with Crippen LogP contribution >= 0.6 is 15.9 Å². The van der Waals surface area contributed by atoms with Crippen molar-refractivity contribution in [1.82, 2.24) is 10.2 Å². The van der Waals surface area contributed by atoms with E-state index >= 15 is 0 Å². The van der Waals surface area contributed by atoms with Gasteiger partial charge in [-0.2, -0.15) is 0 Å². The number of carbonyl (C=O) groups is 2. The Morgan fingerprint density at radius 2 is 2.24 bits per heavy atom. The van der Waals surface area contributed by atoms with Crippen LogP contribution in [0.2, 0.25) is 0 Å². The van der Waals surface area contributed by atoms with Crippen LogP contribution in [-0.2, 0) is 22.6 Å². The van der Waals surface area contributed by atoms with Gasteiger partial charge in [0.15, 0.2) is 0 Å². The SMILES string of the molecule is C=CC(=O)NCCC(=O)N1CCc2ccc(F)c(Br)c2C1. The summed E-state index contributed by atoms with van der Waals surface area (Å²) in [4.78, 5) is 24.8. The molecule has 0 spiro atoms. The number of halogens is 2. The van der Waals surface area contributed by atoms with Crippen molar-refractivity contribution in [3.05, 3.63) is 46.2 Å². The molecule has 6 heteroatoms. The Bertz CT molecular complexity index is 589. The molecule has 0 atom stereocenters. The average Bonchev–Trinajstić information content (AvgIpc) is 2.50. The molecule has 1 aliphatic heterocycles. The molecular formula is C15H16BrFN2O2. The predicted molar refractivity (Wildman–Crippen MR) is 81.0 cm³/mol. The van der Waals surface area contributed by atoms with E-state index in [1.807, 2.05) is 0 Å². The van der Waals surface area contributed by atoms with Gasteiger partial charge in [0.25, 0.3) is 0 Å². The first kappa shape index (κ1) is 15.7. The maximum absolute atomic E-state index is 13.6. The zero-order valence-electron chi connectivity index (χ0n) is 11.5. The first-order chi connectivity index (χ1) is 10.0. The van der Waals surface area contributed by atoms with Gasteiger partial charge in [0.1, 0.15) is 5.82 Å². The molecule has 4 nitrogen and oxygen atoms in total. The number of nitrogens with zero attached hydrogens (tertiary/aromatic N) is 1. The topological polar surface area (TPSA) is 49.4 Å². The van der Waals surface area contributed by atoms with Crippen molar-refractivity contribution in [2.24, 2.45) is 0 Å². The predicted octanol–water partition coefficient (Wildman–Crippen LogP) is 2.17. The largest absolute Gasteiger partial charge is 0.352 e. The van der Waals surface area contributed by atoms with E-state index in [0.717, 1.165) is 11.1 Å². The van der Waals surface area contributed by atoms with Gasteiger partial charge in [-0.25, -0.2) is 4.39 Å². The molecule has 0 bridgehead atoms. The van der Waals surface area contributed by atoms with Gasteiger partial charge in [-0.05, 0) is 45.6 Å². The van der Waals surface area contributed by atoms with Gasteiger partial charge in [-0.15, -0.1) is 0 Å². The molecule has 0 saturated carbocycles. The third kappa shape index (κ3) is 3.69. The third-order valence-corrected chi connectivity index (χ3v) is 4.33. The molecule has 2 amide bonds. The van der Waals surface area contributed by atoms with Gasteiger partial charge in [0, 0.05) is 26.1 Å². The quantitative estimate of drug-likeness (QED) is 0.842. The van der Waals surface area contributed by atoms with Crippen LogP contribution in [0.1, 0.15) is 17.5 Å². The van der Waals surface area contributed by atoms with Crippen LogP contribution in [0.5, 0.6) is 0 Å². The maximum Gasteiger partial charge on any atom is 0.243 e. The smallest absolute Gasteiger partial charge is 0.243 e. The fraction of sp³-hybridized carbons (Fsp3) is 0.333. The Labute approximate surface area is 131 Å². The lowest BCUT2D eigenvalue weighted by molar-refractivity contribution is -0.132. The second-order valence-corrected chi connectivity index (χ2v) is 5.60. The molecule has 0 fully saturated rings. The first-order valence-electron chi connectivity index (χ1n) is 6.66. The van der Waals surface area contributed by atoms with Crippen LogP contribution in [0.15, 0.2) is 29.3 Å². The molecule has 0 saturated heterocycles. The average molecular weight is 355 g/mol. The molecule has 1 aromatic carbocycles. The number of hydrogen-bond donors (Lipinski definition) is 1. The van der Waals surface area contributed by atoms with Gasteiger partial charge in [-0.3, -0.25) is 9.59 Å². The van der Waals surface area contributed by atoms with Crippen molar-refractivity contribution in [3.63, 3.8) is 0 Å². The molecule has 0 aliphatic carbocycles.